The van der Waals surface area contributed by atoms with Crippen molar-refractivity contribution in [1.82, 2.24) is 19.3 Å². The molecule has 0 saturated heterocycles. The minimum Gasteiger partial charge on any atom is -0.464 e. The Hall–Kier alpha value is -3.96. The summed E-state index contributed by atoms with van der Waals surface area (Å²) in [5.41, 5.74) is -1.65. The van der Waals surface area contributed by atoms with Crippen LogP contribution in [0.5, 0.6) is 5.88 Å². The number of rotatable bonds is 7. The minimum absolute atomic E-state index is 0.00767. The number of aromatic nitrogens is 4. The number of hydrogen-bond acceptors (Lipinski definition) is 7. The number of aliphatic hydroxyl groups excluding tert-OH is 1. The Balaban J connectivity index is 2.15. The summed E-state index contributed by atoms with van der Waals surface area (Å²) in [5.74, 6) is -4.41. The zero-order chi connectivity index (χ0) is 26.8. The normalized spacial score (nSPS) is 12.2. The van der Waals surface area contributed by atoms with Gasteiger partial charge in [-0.1, -0.05) is 11.6 Å². The molecule has 1 unspecified atom stereocenters. The van der Waals surface area contributed by atoms with Gasteiger partial charge in [0.05, 0.1) is 22.3 Å². The first-order chi connectivity index (χ1) is 16.9. The highest BCUT2D eigenvalue weighted by Gasteiger charge is 2.39. The van der Waals surface area contributed by atoms with E-state index in [1.807, 2.05) is 6.07 Å². The fraction of sp³-hybridized carbons (Fsp3) is 0.286. The van der Waals surface area contributed by atoms with E-state index in [1.54, 1.807) is 6.92 Å². The second kappa shape index (κ2) is 10.3. The van der Waals surface area contributed by atoms with Gasteiger partial charge in [0.25, 0.3) is 5.91 Å². The van der Waals surface area contributed by atoms with Gasteiger partial charge in [0.15, 0.2) is 23.6 Å². The topological polar surface area (TPSA) is 135 Å². The van der Waals surface area contributed by atoms with Crippen LogP contribution >= 0.6 is 11.6 Å². The molecule has 0 spiro atoms. The van der Waals surface area contributed by atoms with Crippen molar-refractivity contribution < 1.29 is 32.2 Å². The van der Waals surface area contributed by atoms with Crippen LogP contribution in [0.15, 0.2) is 29.1 Å². The number of aliphatic hydroxyl groups is 1. The number of nitriles is 1. The molecular weight excluding hydrogens is 512 g/mol. The maximum Gasteiger partial charge on any atom is 0.425 e. The van der Waals surface area contributed by atoms with Crippen molar-refractivity contribution in [2.75, 3.05) is 5.32 Å². The third-order valence-corrected chi connectivity index (χ3v) is 5.19. The summed E-state index contributed by atoms with van der Waals surface area (Å²) in [5, 5.41) is 24.5. The molecule has 36 heavy (non-hydrogen) atoms. The molecule has 2 aromatic heterocycles. The molecule has 0 aliphatic heterocycles. The van der Waals surface area contributed by atoms with Crippen LogP contribution in [0.2, 0.25) is 5.02 Å². The predicted octanol–water partition coefficient (Wildman–Crippen LogP) is 3.19. The number of carbonyl (C=O) groups excluding carboxylic acids is 1. The number of carbonyl (C=O) groups is 1. The molecule has 10 nitrogen and oxygen atoms in total. The van der Waals surface area contributed by atoms with Crippen molar-refractivity contribution in [3.8, 4) is 17.8 Å². The average molecular weight is 529 g/mol. The summed E-state index contributed by atoms with van der Waals surface area (Å²) in [6.07, 6.45) is -7.35. The third kappa shape index (κ3) is 5.31. The molecule has 2 N–H and O–H groups in total. The number of alkyl halides is 3. The van der Waals surface area contributed by atoms with Gasteiger partial charge in [0.2, 0.25) is 5.88 Å². The molecule has 0 bridgehead atoms. The first-order valence-corrected chi connectivity index (χ1v) is 10.5. The highest BCUT2D eigenvalue weighted by Crippen LogP contribution is 2.30. The summed E-state index contributed by atoms with van der Waals surface area (Å²) in [7, 11) is 0. The Morgan fingerprint density at radius 2 is 2.06 bits per heavy atom. The largest absolute Gasteiger partial charge is 0.464 e. The van der Waals surface area contributed by atoms with E-state index in [1.165, 1.54) is 18.2 Å². The number of nitrogens with one attached hydrogen (secondary N) is 1. The van der Waals surface area contributed by atoms with E-state index in [4.69, 9.17) is 21.6 Å². The number of pyridine rings is 1. The molecule has 3 rings (SSSR count). The van der Waals surface area contributed by atoms with Crippen LogP contribution in [0.25, 0.3) is 5.82 Å². The lowest BCUT2D eigenvalue weighted by Crippen LogP contribution is -2.33. The van der Waals surface area contributed by atoms with Gasteiger partial charge in [-0.15, -0.1) is 5.10 Å². The summed E-state index contributed by atoms with van der Waals surface area (Å²) < 4.78 is 60.9. The SMILES string of the molecule is CCn1c(CO)nn(-c2nc(OC(C)C(F)(F)F)c(C(=O)Nc3cc(C#N)ccc3Cl)cc2F)c1=O. The third-order valence-electron chi connectivity index (χ3n) is 4.86. The van der Waals surface area contributed by atoms with E-state index >= 15 is 4.39 Å². The maximum absolute atomic E-state index is 15.1. The molecule has 0 aliphatic rings. The number of ether oxygens (including phenoxy) is 1. The molecule has 1 amide bonds. The van der Waals surface area contributed by atoms with Gasteiger partial charge in [0, 0.05) is 6.54 Å². The van der Waals surface area contributed by atoms with Crippen LogP contribution in [-0.4, -0.2) is 42.6 Å². The Bertz CT molecular complexity index is 1410. The Labute approximate surface area is 205 Å². The molecule has 0 radical (unpaired) electrons. The number of hydrogen-bond donors (Lipinski definition) is 2. The zero-order valence-electron chi connectivity index (χ0n) is 18.6. The fourth-order valence-corrected chi connectivity index (χ4v) is 3.15. The lowest BCUT2D eigenvalue weighted by molar-refractivity contribution is -0.190. The number of anilines is 1. The first kappa shape index (κ1) is 26.6. The molecule has 15 heteroatoms. The standard InChI is InChI=1S/C21H17ClF4N6O4/c1-3-31-16(9-33)30-32(20(31)35)17-14(23)7-12(19(29-17)36-10(2)21(24,25)26)18(34)28-15-6-11(8-27)4-5-13(15)22/h4-7,10,33H,3,9H2,1-2H3,(H,28,34). The lowest BCUT2D eigenvalue weighted by atomic mass is 10.2. The molecule has 0 aliphatic carbocycles. The van der Waals surface area contributed by atoms with E-state index in [2.05, 4.69) is 15.4 Å². The number of halogens is 5. The number of nitrogens with zero attached hydrogens (tertiary/aromatic N) is 5. The van der Waals surface area contributed by atoms with Crippen LogP contribution in [0.4, 0.5) is 23.2 Å². The van der Waals surface area contributed by atoms with Crippen LogP contribution in [0.1, 0.15) is 35.6 Å². The van der Waals surface area contributed by atoms with E-state index in [-0.39, 0.29) is 28.6 Å². The Morgan fingerprint density at radius 3 is 2.61 bits per heavy atom. The second-order valence-corrected chi connectivity index (χ2v) is 7.63. The zero-order valence-corrected chi connectivity index (χ0v) is 19.4. The predicted molar refractivity (Wildman–Crippen MR) is 117 cm³/mol. The molecule has 0 saturated carbocycles. The van der Waals surface area contributed by atoms with Crippen LogP contribution in [0, 0.1) is 17.1 Å². The monoisotopic (exact) mass is 528 g/mol. The van der Waals surface area contributed by atoms with Crippen molar-refractivity contribution >= 4 is 23.2 Å². The molecule has 0 fully saturated rings. The van der Waals surface area contributed by atoms with Gasteiger partial charge in [-0.05, 0) is 38.1 Å². The average Bonchev–Trinajstić information content (AvgIpc) is 3.15. The highest BCUT2D eigenvalue weighted by atomic mass is 35.5. The van der Waals surface area contributed by atoms with Crippen molar-refractivity contribution in [2.24, 2.45) is 0 Å². The van der Waals surface area contributed by atoms with Gasteiger partial charge >= 0.3 is 11.9 Å². The van der Waals surface area contributed by atoms with Gasteiger partial charge < -0.3 is 15.2 Å². The van der Waals surface area contributed by atoms with Crippen molar-refractivity contribution in [2.45, 2.75) is 39.3 Å². The second-order valence-electron chi connectivity index (χ2n) is 7.22. The molecule has 2 heterocycles. The summed E-state index contributed by atoms with van der Waals surface area (Å²) >= 11 is 6.00. The molecule has 3 aromatic rings. The van der Waals surface area contributed by atoms with Crippen molar-refractivity contribution in [3.63, 3.8) is 0 Å². The molecular formula is C21H17ClF4N6O4. The summed E-state index contributed by atoms with van der Waals surface area (Å²) in [6, 6.07) is 6.21. The quantitative estimate of drug-likeness (QED) is 0.450. The van der Waals surface area contributed by atoms with Crippen LogP contribution in [-0.2, 0) is 13.2 Å². The van der Waals surface area contributed by atoms with E-state index in [0.29, 0.717) is 17.7 Å². The lowest BCUT2D eigenvalue weighted by Gasteiger charge is -2.19. The number of benzene rings is 1. The molecule has 1 aromatic carbocycles. The van der Waals surface area contributed by atoms with Gasteiger partial charge in [-0.3, -0.25) is 9.36 Å². The Kier molecular flexibility index (Phi) is 7.65. The first-order valence-electron chi connectivity index (χ1n) is 10.2. The van der Waals surface area contributed by atoms with Gasteiger partial charge in [-0.25, -0.2) is 9.18 Å². The number of amides is 1. The van der Waals surface area contributed by atoms with Gasteiger partial charge in [-0.2, -0.15) is 28.1 Å². The van der Waals surface area contributed by atoms with E-state index in [9.17, 15) is 27.9 Å². The van der Waals surface area contributed by atoms with Gasteiger partial charge in [0.1, 0.15) is 12.2 Å². The Morgan fingerprint density at radius 1 is 1.36 bits per heavy atom. The van der Waals surface area contributed by atoms with Crippen LogP contribution in [0.3, 0.4) is 0 Å². The molecule has 190 valence electrons. The fourth-order valence-electron chi connectivity index (χ4n) is 2.99. The smallest absolute Gasteiger partial charge is 0.425 e. The van der Waals surface area contributed by atoms with E-state index in [0.717, 1.165) is 4.57 Å². The van der Waals surface area contributed by atoms with Crippen LogP contribution < -0.4 is 15.7 Å². The highest BCUT2D eigenvalue weighted by molar-refractivity contribution is 6.34. The maximum atomic E-state index is 15.1. The molecule has 1 atom stereocenters. The van der Waals surface area contributed by atoms with Crippen molar-refractivity contribution in [1.29, 1.82) is 5.26 Å². The minimum atomic E-state index is -4.88. The summed E-state index contributed by atoms with van der Waals surface area (Å²) in [6.45, 7) is 1.56. The van der Waals surface area contributed by atoms with E-state index < -0.39 is 53.6 Å². The summed E-state index contributed by atoms with van der Waals surface area (Å²) in [4.78, 5) is 29.1. The van der Waals surface area contributed by atoms with Crippen molar-refractivity contribution in [3.05, 3.63) is 62.5 Å².